The van der Waals surface area contributed by atoms with Gasteiger partial charge in [0.05, 0.1) is 6.26 Å². The summed E-state index contributed by atoms with van der Waals surface area (Å²) in [6.45, 7) is 2.53. The molecule has 1 aromatic heterocycles. The second kappa shape index (κ2) is 5.52. The van der Waals surface area contributed by atoms with Crippen LogP contribution in [-0.2, 0) is 10.0 Å². The third-order valence-electron chi connectivity index (χ3n) is 2.17. The van der Waals surface area contributed by atoms with Gasteiger partial charge in [-0.3, -0.25) is 0 Å². The Balaban J connectivity index is 2.96. The van der Waals surface area contributed by atoms with Crippen molar-refractivity contribution in [1.29, 1.82) is 0 Å². The van der Waals surface area contributed by atoms with E-state index in [9.17, 15) is 26.0 Å². The molecule has 0 unspecified atom stereocenters. The zero-order valence-corrected chi connectivity index (χ0v) is 11.7. The van der Waals surface area contributed by atoms with Crippen molar-refractivity contribution in [3.05, 3.63) is 23.5 Å². The van der Waals surface area contributed by atoms with Gasteiger partial charge in [-0.25, -0.2) is 13.1 Å². The van der Waals surface area contributed by atoms with Gasteiger partial charge in [0.15, 0.2) is 0 Å². The Morgan fingerprint density at radius 3 is 1.95 bits per heavy atom. The number of sulfonamides is 1. The highest BCUT2D eigenvalue weighted by Gasteiger charge is 2.25. The van der Waals surface area contributed by atoms with E-state index in [-0.39, 0.29) is 6.54 Å². The van der Waals surface area contributed by atoms with Gasteiger partial charge in [0.1, 0.15) is 5.69 Å². The third-order valence-corrected chi connectivity index (χ3v) is 3.09. The zero-order chi connectivity index (χ0) is 15.7. The van der Waals surface area contributed by atoms with Gasteiger partial charge in [0, 0.05) is 12.1 Å². The maximum Gasteiger partial charge on any atom is 0.253 e. The molecule has 114 valence electrons. The van der Waals surface area contributed by atoms with E-state index in [2.05, 4.69) is 15.0 Å². The first-order chi connectivity index (χ1) is 8.93. The number of rotatable bonds is 5. The van der Waals surface area contributed by atoms with E-state index in [1.54, 1.807) is 0 Å². The Labute approximate surface area is 113 Å². The number of hydrogen-bond acceptors (Lipinski definition) is 4. The second-order valence-corrected chi connectivity index (χ2v) is 6.56. The van der Waals surface area contributed by atoms with Gasteiger partial charge in [-0.05, 0) is 13.8 Å². The summed E-state index contributed by atoms with van der Waals surface area (Å²) in [5.41, 5.74) is -2.18. The minimum Gasteiger partial charge on any atom is -0.378 e. The average molecular weight is 315 g/mol. The lowest BCUT2D eigenvalue weighted by Crippen LogP contribution is -2.48. The van der Waals surface area contributed by atoms with Crippen molar-refractivity contribution in [2.45, 2.75) is 19.4 Å². The van der Waals surface area contributed by atoms with Crippen LogP contribution in [0.5, 0.6) is 0 Å². The van der Waals surface area contributed by atoms with E-state index < -0.39 is 44.8 Å². The Hall–Kier alpha value is -1.42. The topological polar surface area (TPSA) is 71.1 Å². The summed E-state index contributed by atoms with van der Waals surface area (Å²) in [5.74, 6) is -6.95. The summed E-state index contributed by atoms with van der Waals surface area (Å²) in [4.78, 5) is 2.40. The van der Waals surface area contributed by atoms with Crippen molar-refractivity contribution >= 4 is 15.7 Å². The number of hydrogen-bond donors (Lipinski definition) is 2. The van der Waals surface area contributed by atoms with Gasteiger partial charge in [0.25, 0.3) is 11.9 Å². The molecule has 0 saturated carbocycles. The standard InChI is InChI=1S/C10H13F4N3O2S/c1-10(2,17-20(3,18)19)4-15-7-5(11)8(13)16-9(14)6(7)12/h17H,4H2,1-3H3,(H,15,16). The maximum atomic E-state index is 13.3. The molecule has 1 rings (SSSR count). The molecule has 1 aromatic rings. The summed E-state index contributed by atoms with van der Waals surface area (Å²) in [7, 11) is -3.56. The molecule has 0 bridgehead atoms. The lowest BCUT2D eigenvalue weighted by Gasteiger charge is -2.26. The van der Waals surface area contributed by atoms with Gasteiger partial charge in [0.2, 0.25) is 21.7 Å². The molecule has 2 N–H and O–H groups in total. The van der Waals surface area contributed by atoms with Crippen molar-refractivity contribution in [2.24, 2.45) is 0 Å². The molecule has 0 aliphatic rings. The molecule has 0 aliphatic carbocycles. The van der Waals surface area contributed by atoms with Crippen LogP contribution >= 0.6 is 0 Å². The molecule has 0 radical (unpaired) electrons. The Kier molecular flexibility index (Phi) is 4.59. The van der Waals surface area contributed by atoms with E-state index in [1.807, 2.05) is 0 Å². The van der Waals surface area contributed by atoms with Crippen LogP contribution in [0.4, 0.5) is 23.2 Å². The highest BCUT2D eigenvalue weighted by atomic mass is 32.2. The molecule has 0 amide bonds. The Bertz CT molecular complexity index is 593. The van der Waals surface area contributed by atoms with Gasteiger partial charge < -0.3 is 5.32 Å². The molecule has 0 saturated heterocycles. The normalized spacial score (nSPS) is 12.6. The fourth-order valence-corrected chi connectivity index (χ4v) is 2.57. The van der Waals surface area contributed by atoms with E-state index >= 15 is 0 Å². The highest BCUT2D eigenvalue weighted by molar-refractivity contribution is 7.88. The lowest BCUT2D eigenvalue weighted by atomic mass is 10.1. The van der Waals surface area contributed by atoms with Crippen molar-refractivity contribution in [3.63, 3.8) is 0 Å². The van der Waals surface area contributed by atoms with Crippen molar-refractivity contribution < 1.29 is 26.0 Å². The third kappa shape index (κ3) is 4.30. The van der Waals surface area contributed by atoms with E-state index in [1.165, 1.54) is 13.8 Å². The largest absolute Gasteiger partial charge is 0.378 e. The second-order valence-electron chi connectivity index (χ2n) is 4.81. The molecule has 0 atom stereocenters. The molecule has 0 aliphatic heterocycles. The number of aromatic nitrogens is 1. The van der Waals surface area contributed by atoms with Crippen molar-refractivity contribution in [2.75, 3.05) is 18.1 Å². The minimum atomic E-state index is -3.56. The summed E-state index contributed by atoms with van der Waals surface area (Å²) in [6.07, 6.45) is 0.904. The molecule has 10 heteroatoms. The van der Waals surface area contributed by atoms with E-state index in [0.717, 1.165) is 6.26 Å². The molecular weight excluding hydrogens is 302 g/mol. The van der Waals surface area contributed by atoms with Crippen LogP contribution in [0.3, 0.4) is 0 Å². The van der Waals surface area contributed by atoms with Crippen LogP contribution in [0, 0.1) is 23.5 Å². The smallest absolute Gasteiger partial charge is 0.253 e. The van der Waals surface area contributed by atoms with Crippen LogP contribution in [0.2, 0.25) is 0 Å². The van der Waals surface area contributed by atoms with Crippen LogP contribution in [0.1, 0.15) is 13.8 Å². The molecule has 0 fully saturated rings. The van der Waals surface area contributed by atoms with Gasteiger partial charge >= 0.3 is 0 Å². The van der Waals surface area contributed by atoms with Crippen LogP contribution in [0.25, 0.3) is 0 Å². The Morgan fingerprint density at radius 1 is 1.10 bits per heavy atom. The summed E-state index contributed by atoms with van der Waals surface area (Å²) in [6, 6.07) is 0. The molecule has 5 nitrogen and oxygen atoms in total. The first kappa shape index (κ1) is 16.6. The number of nitrogens with one attached hydrogen (secondary N) is 2. The zero-order valence-electron chi connectivity index (χ0n) is 10.9. The average Bonchev–Trinajstić information content (AvgIpc) is 2.23. The predicted molar refractivity (Wildman–Crippen MR) is 64.6 cm³/mol. The lowest BCUT2D eigenvalue weighted by molar-refractivity contribution is 0.408. The molecule has 20 heavy (non-hydrogen) atoms. The Morgan fingerprint density at radius 2 is 1.55 bits per heavy atom. The van der Waals surface area contributed by atoms with Gasteiger partial charge in [-0.1, -0.05) is 0 Å². The van der Waals surface area contributed by atoms with E-state index in [0.29, 0.717) is 0 Å². The number of pyridine rings is 1. The van der Waals surface area contributed by atoms with Crippen molar-refractivity contribution in [3.8, 4) is 0 Å². The van der Waals surface area contributed by atoms with Crippen LogP contribution in [-0.4, -0.2) is 31.7 Å². The molecule has 0 spiro atoms. The fraction of sp³-hybridized carbons (Fsp3) is 0.500. The highest BCUT2D eigenvalue weighted by Crippen LogP contribution is 2.22. The minimum absolute atomic E-state index is 0.309. The predicted octanol–water partition coefficient (Wildman–Crippen LogP) is 1.38. The monoisotopic (exact) mass is 315 g/mol. The summed E-state index contributed by atoms with van der Waals surface area (Å²) >= 11 is 0. The van der Waals surface area contributed by atoms with Crippen LogP contribution < -0.4 is 10.0 Å². The molecular formula is C10H13F4N3O2S. The number of nitrogens with zero attached hydrogens (tertiary/aromatic N) is 1. The first-order valence-electron chi connectivity index (χ1n) is 5.36. The first-order valence-corrected chi connectivity index (χ1v) is 7.25. The quantitative estimate of drug-likeness (QED) is 0.636. The summed E-state index contributed by atoms with van der Waals surface area (Å²) in [5, 5.41) is 2.13. The maximum absolute atomic E-state index is 13.3. The summed E-state index contributed by atoms with van der Waals surface area (Å²) < 4.78 is 76.7. The van der Waals surface area contributed by atoms with Crippen LogP contribution in [0.15, 0.2) is 0 Å². The van der Waals surface area contributed by atoms with Gasteiger partial charge in [-0.15, -0.1) is 0 Å². The molecule has 0 aromatic carbocycles. The van der Waals surface area contributed by atoms with E-state index in [4.69, 9.17) is 0 Å². The van der Waals surface area contributed by atoms with Gasteiger partial charge in [-0.2, -0.15) is 22.5 Å². The number of anilines is 1. The fourth-order valence-electron chi connectivity index (χ4n) is 1.49. The molecule has 1 heterocycles. The van der Waals surface area contributed by atoms with Crippen molar-refractivity contribution in [1.82, 2.24) is 9.71 Å². The SMILES string of the molecule is CC(C)(CNc1c(F)c(F)nc(F)c1F)NS(C)(=O)=O. The number of halogens is 4.